The third-order valence-corrected chi connectivity index (χ3v) is 5.44. The van der Waals surface area contributed by atoms with Crippen LogP contribution in [-0.4, -0.2) is 53.7 Å². The number of rotatable bonds is 5. The molecule has 5 aromatic rings. The number of fused-ring (bicyclic) bond motifs is 2. The number of hydrogen-bond acceptors (Lipinski definition) is 7. The molecule has 0 bridgehead atoms. The second-order valence-corrected chi connectivity index (χ2v) is 7.66. The van der Waals surface area contributed by atoms with E-state index in [1.54, 1.807) is 30.9 Å². The van der Waals surface area contributed by atoms with Crippen LogP contribution in [-0.2, 0) is 11.8 Å². The summed E-state index contributed by atoms with van der Waals surface area (Å²) >= 11 is 0. The molecule has 0 spiro atoms. The van der Waals surface area contributed by atoms with Gasteiger partial charge in [0, 0.05) is 18.6 Å². The zero-order valence-corrected chi connectivity index (χ0v) is 18.4. The number of benzene rings is 1. The number of hydrogen-bond donors (Lipinski definition) is 3. The molecule has 0 aliphatic rings. The molecule has 1 atom stereocenters. The van der Waals surface area contributed by atoms with E-state index in [4.69, 9.17) is 0 Å². The number of aromatic nitrogens is 7. The number of aromatic amines is 2. The minimum atomic E-state index is -0.554. The minimum absolute atomic E-state index is 0.184. The van der Waals surface area contributed by atoms with Crippen molar-refractivity contribution in [1.82, 2.24) is 40.0 Å². The van der Waals surface area contributed by atoms with E-state index in [-0.39, 0.29) is 17.1 Å². The fourth-order valence-corrected chi connectivity index (χ4v) is 3.71. The fourth-order valence-electron chi connectivity index (χ4n) is 3.71. The summed E-state index contributed by atoms with van der Waals surface area (Å²) in [5.41, 5.74) is 2.84. The van der Waals surface area contributed by atoms with Crippen LogP contribution in [0.15, 0.2) is 36.8 Å². The lowest BCUT2D eigenvalue weighted by atomic mass is 10.1. The first-order valence-electron chi connectivity index (χ1n) is 10.3. The maximum atomic E-state index is 13.7. The molecule has 34 heavy (non-hydrogen) atoms. The Kier molecular flexibility index (Phi) is 5.04. The Balaban J connectivity index is 1.46. The van der Waals surface area contributed by atoms with Gasteiger partial charge in [0.1, 0.15) is 34.2 Å². The number of esters is 1. The highest BCUT2D eigenvalue weighted by Crippen LogP contribution is 2.28. The van der Waals surface area contributed by atoms with Crippen LogP contribution in [0.4, 0.5) is 4.39 Å². The van der Waals surface area contributed by atoms with E-state index in [1.165, 1.54) is 31.6 Å². The lowest BCUT2D eigenvalue weighted by Gasteiger charge is -2.11. The molecule has 0 saturated carbocycles. The van der Waals surface area contributed by atoms with E-state index in [0.717, 1.165) is 0 Å². The Morgan fingerprint density at radius 2 is 2.06 bits per heavy atom. The van der Waals surface area contributed by atoms with Crippen molar-refractivity contribution < 1.29 is 18.7 Å². The number of carbonyl (C=O) groups excluding carboxylic acids is 2. The largest absolute Gasteiger partial charge is 0.464 e. The summed E-state index contributed by atoms with van der Waals surface area (Å²) in [7, 11) is 2.99. The Morgan fingerprint density at radius 1 is 1.24 bits per heavy atom. The second kappa shape index (κ2) is 8.06. The normalized spacial score (nSPS) is 12.2. The SMILES string of the molecule is COC(=O)c1cnc([C@H](C)NC(=O)c2c[nH]c3ncc(-c4nn(C)c5cc(F)ccc45)nc23)[nH]1. The molecule has 0 radical (unpaired) electrons. The number of nitrogens with one attached hydrogen (secondary N) is 3. The van der Waals surface area contributed by atoms with Crippen LogP contribution < -0.4 is 5.32 Å². The summed E-state index contributed by atoms with van der Waals surface area (Å²) in [5.74, 6) is -0.930. The maximum Gasteiger partial charge on any atom is 0.356 e. The molecular formula is C22H19FN8O3. The summed E-state index contributed by atoms with van der Waals surface area (Å²) in [6, 6.07) is 3.86. The van der Waals surface area contributed by atoms with Crippen LogP contribution in [0.3, 0.4) is 0 Å². The molecule has 0 aliphatic heterocycles. The summed E-state index contributed by atoms with van der Waals surface area (Å²) in [6.45, 7) is 1.73. The summed E-state index contributed by atoms with van der Waals surface area (Å²) < 4.78 is 19.9. The highest BCUT2D eigenvalue weighted by molar-refractivity contribution is 6.05. The van der Waals surface area contributed by atoms with Crippen LogP contribution in [0.2, 0.25) is 0 Å². The molecule has 0 aliphatic carbocycles. The van der Waals surface area contributed by atoms with Gasteiger partial charge in [0.2, 0.25) is 0 Å². The van der Waals surface area contributed by atoms with Crippen LogP contribution in [0.25, 0.3) is 33.5 Å². The number of aryl methyl sites for hydroxylation is 1. The Bertz CT molecular complexity index is 1570. The van der Waals surface area contributed by atoms with Crippen LogP contribution >= 0.6 is 0 Å². The van der Waals surface area contributed by atoms with Gasteiger partial charge in [-0.2, -0.15) is 5.10 Å². The van der Waals surface area contributed by atoms with Gasteiger partial charge in [-0.3, -0.25) is 9.48 Å². The van der Waals surface area contributed by atoms with E-state index in [1.807, 2.05) is 0 Å². The predicted molar refractivity (Wildman–Crippen MR) is 119 cm³/mol. The summed E-state index contributed by atoms with van der Waals surface area (Å²) in [5, 5.41) is 8.01. The Hall–Kier alpha value is -4.61. The maximum absolute atomic E-state index is 13.7. The highest BCUT2D eigenvalue weighted by atomic mass is 19.1. The molecule has 4 heterocycles. The number of amides is 1. The number of nitrogens with zero attached hydrogens (tertiary/aromatic N) is 5. The zero-order valence-electron chi connectivity index (χ0n) is 18.4. The van der Waals surface area contributed by atoms with Gasteiger partial charge in [-0.05, 0) is 25.1 Å². The Labute approximate surface area is 191 Å². The fraction of sp³-hybridized carbons (Fsp3) is 0.182. The summed E-state index contributed by atoms with van der Waals surface area (Å²) in [6.07, 6.45) is 4.41. The number of carbonyl (C=O) groups is 2. The quantitative estimate of drug-likeness (QED) is 0.341. The monoisotopic (exact) mass is 462 g/mol. The number of halogens is 1. The van der Waals surface area contributed by atoms with Crippen molar-refractivity contribution in [2.75, 3.05) is 7.11 Å². The van der Waals surface area contributed by atoms with Gasteiger partial charge in [-0.15, -0.1) is 0 Å². The van der Waals surface area contributed by atoms with E-state index in [9.17, 15) is 14.0 Å². The van der Waals surface area contributed by atoms with Gasteiger partial charge in [-0.1, -0.05) is 0 Å². The second-order valence-electron chi connectivity index (χ2n) is 7.66. The van der Waals surface area contributed by atoms with Gasteiger partial charge in [0.15, 0.2) is 5.65 Å². The molecule has 3 N–H and O–H groups in total. The van der Waals surface area contributed by atoms with Gasteiger partial charge in [-0.25, -0.2) is 24.1 Å². The molecule has 12 heteroatoms. The zero-order chi connectivity index (χ0) is 24.0. The van der Waals surface area contributed by atoms with Crippen molar-refractivity contribution in [3.8, 4) is 11.4 Å². The van der Waals surface area contributed by atoms with Gasteiger partial charge >= 0.3 is 5.97 Å². The van der Waals surface area contributed by atoms with Gasteiger partial charge in [0.05, 0.1) is 36.6 Å². The third kappa shape index (κ3) is 3.54. The van der Waals surface area contributed by atoms with Gasteiger partial charge in [0.25, 0.3) is 5.91 Å². The lowest BCUT2D eigenvalue weighted by Crippen LogP contribution is -2.27. The molecule has 172 valence electrons. The predicted octanol–water partition coefficient (Wildman–Crippen LogP) is 2.65. The highest BCUT2D eigenvalue weighted by Gasteiger charge is 2.21. The molecule has 1 amide bonds. The van der Waals surface area contributed by atoms with Crippen LogP contribution in [0.1, 0.15) is 39.6 Å². The lowest BCUT2D eigenvalue weighted by molar-refractivity contribution is 0.0594. The minimum Gasteiger partial charge on any atom is -0.464 e. The topological polar surface area (TPSA) is 143 Å². The number of ether oxygens (including phenoxy) is 1. The Morgan fingerprint density at radius 3 is 2.85 bits per heavy atom. The van der Waals surface area contributed by atoms with Crippen molar-refractivity contribution in [2.45, 2.75) is 13.0 Å². The molecule has 5 rings (SSSR count). The van der Waals surface area contributed by atoms with Crippen molar-refractivity contribution in [3.63, 3.8) is 0 Å². The van der Waals surface area contributed by atoms with Crippen molar-refractivity contribution in [1.29, 1.82) is 0 Å². The summed E-state index contributed by atoms with van der Waals surface area (Å²) in [4.78, 5) is 43.5. The van der Waals surface area contributed by atoms with Crippen LogP contribution in [0.5, 0.6) is 0 Å². The van der Waals surface area contributed by atoms with Crippen molar-refractivity contribution in [2.24, 2.45) is 7.05 Å². The van der Waals surface area contributed by atoms with E-state index in [2.05, 4.69) is 40.1 Å². The molecule has 11 nitrogen and oxygen atoms in total. The molecule has 1 aromatic carbocycles. The first-order chi connectivity index (χ1) is 16.4. The first kappa shape index (κ1) is 21.2. The molecule has 0 unspecified atom stereocenters. The third-order valence-electron chi connectivity index (χ3n) is 5.44. The number of methoxy groups -OCH3 is 1. The molecule has 0 fully saturated rings. The molecule has 0 saturated heterocycles. The van der Waals surface area contributed by atoms with Crippen molar-refractivity contribution in [3.05, 3.63) is 59.7 Å². The van der Waals surface area contributed by atoms with E-state index in [0.29, 0.717) is 39.3 Å². The standard InChI is InChI=1S/C22H19FN8O3/c1-10(19-25-9-15(29-19)22(33)34-3)27-21(32)13-7-24-20-18(13)28-14(8-26-20)17-12-5-4-11(23)6-16(12)31(2)30-17/h4-10H,1-3H3,(H,24,26)(H,25,29)(H,27,32)/t10-/m0/s1. The number of imidazole rings is 1. The molecule has 4 aromatic heterocycles. The van der Waals surface area contributed by atoms with E-state index < -0.39 is 17.9 Å². The number of H-pyrrole nitrogens is 2. The smallest absolute Gasteiger partial charge is 0.356 e. The molecular weight excluding hydrogens is 443 g/mol. The average molecular weight is 462 g/mol. The van der Waals surface area contributed by atoms with Crippen LogP contribution in [0, 0.1) is 5.82 Å². The first-order valence-corrected chi connectivity index (χ1v) is 10.3. The van der Waals surface area contributed by atoms with Gasteiger partial charge < -0.3 is 20.0 Å². The van der Waals surface area contributed by atoms with Crippen molar-refractivity contribution >= 4 is 33.9 Å². The van der Waals surface area contributed by atoms with E-state index >= 15 is 0 Å². The average Bonchev–Trinajstić information content (AvgIpc) is 3.55.